The smallest absolute Gasteiger partial charge is 0.326 e. The van der Waals surface area contributed by atoms with Crippen LogP contribution in [0, 0.1) is 0 Å². The third-order valence-electron chi connectivity index (χ3n) is 3.44. The maximum absolute atomic E-state index is 11.9. The third kappa shape index (κ3) is 4.76. The van der Waals surface area contributed by atoms with Gasteiger partial charge in [0.2, 0.25) is 5.91 Å². The van der Waals surface area contributed by atoms with Gasteiger partial charge >= 0.3 is 12.0 Å². The standard InChI is InChI=1S/C12H21N3O4/c1-15(8-5-3-2-4-6-8)12(19)14-9(11(17)18)7-10(13)16/h8-9H,2-7H2,1H3,(H2,13,16)(H,14,19)(H,17,18). The van der Waals surface area contributed by atoms with Crippen LogP contribution in [0.15, 0.2) is 0 Å². The van der Waals surface area contributed by atoms with Crippen molar-refractivity contribution in [3.05, 3.63) is 0 Å². The Hall–Kier alpha value is -1.79. The molecule has 1 saturated carbocycles. The number of carbonyl (C=O) groups excluding carboxylic acids is 2. The normalized spacial score (nSPS) is 17.5. The number of nitrogens with zero attached hydrogens (tertiary/aromatic N) is 1. The summed E-state index contributed by atoms with van der Waals surface area (Å²) in [6, 6.07) is -1.60. The summed E-state index contributed by atoms with van der Waals surface area (Å²) in [5.74, 6) is -2.02. The van der Waals surface area contributed by atoms with Crippen molar-refractivity contribution in [2.45, 2.75) is 50.6 Å². The molecule has 7 heteroatoms. The van der Waals surface area contributed by atoms with Crippen LogP contribution in [-0.2, 0) is 9.59 Å². The van der Waals surface area contributed by atoms with Crippen molar-refractivity contribution in [3.8, 4) is 0 Å². The first-order valence-corrected chi connectivity index (χ1v) is 6.46. The highest BCUT2D eigenvalue weighted by atomic mass is 16.4. The first-order valence-electron chi connectivity index (χ1n) is 6.46. The van der Waals surface area contributed by atoms with E-state index in [2.05, 4.69) is 5.32 Å². The van der Waals surface area contributed by atoms with Gasteiger partial charge in [-0.25, -0.2) is 9.59 Å². The monoisotopic (exact) mass is 271 g/mol. The second kappa shape index (κ2) is 6.96. The molecule has 7 nitrogen and oxygen atoms in total. The zero-order chi connectivity index (χ0) is 14.4. The van der Waals surface area contributed by atoms with Gasteiger partial charge in [-0.05, 0) is 12.8 Å². The number of primary amides is 1. The van der Waals surface area contributed by atoms with Gasteiger partial charge in [0.1, 0.15) is 6.04 Å². The molecule has 1 aliphatic carbocycles. The topological polar surface area (TPSA) is 113 Å². The van der Waals surface area contributed by atoms with Crippen molar-refractivity contribution in [2.75, 3.05) is 7.05 Å². The maximum Gasteiger partial charge on any atom is 0.326 e. The molecule has 1 aliphatic rings. The minimum Gasteiger partial charge on any atom is -0.480 e. The summed E-state index contributed by atoms with van der Waals surface area (Å²) >= 11 is 0. The van der Waals surface area contributed by atoms with Crippen molar-refractivity contribution in [2.24, 2.45) is 5.73 Å². The van der Waals surface area contributed by atoms with Crippen LogP contribution in [0.3, 0.4) is 0 Å². The molecule has 4 N–H and O–H groups in total. The van der Waals surface area contributed by atoms with Crippen LogP contribution in [0.5, 0.6) is 0 Å². The van der Waals surface area contributed by atoms with Crippen LogP contribution < -0.4 is 11.1 Å². The summed E-state index contributed by atoms with van der Waals surface area (Å²) < 4.78 is 0. The molecule has 0 spiro atoms. The Labute approximate surface area is 112 Å². The Bertz CT molecular complexity index is 353. The van der Waals surface area contributed by atoms with Gasteiger partial charge in [-0.2, -0.15) is 0 Å². The summed E-state index contributed by atoms with van der Waals surface area (Å²) in [6.45, 7) is 0. The number of carbonyl (C=O) groups is 3. The van der Waals surface area contributed by atoms with Crippen molar-refractivity contribution >= 4 is 17.9 Å². The Morgan fingerprint density at radius 2 is 1.89 bits per heavy atom. The average Bonchev–Trinajstić information content (AvgIpc) is 2.37. The van der Waals surface area contributed by atoms with Gasteiger partial charge in [0.25, 0.3) is 0 Å². The first kappa shape index (κ1) is 15.3. The van der Waals surface area contributed by atoms with Crippen LogP contribution >= 0.6 is 0 Å². The number of aliphatic carboxylic acids is 1. The molecule has 108 valence electrons. The molecule has 0 bridgehead atoms. The molecule has 1 rings (SSSR count). The van der Waals surface area contributed by atoms with Crippen LogP contribution in [-0.4, -0.2) is 47.0 Å². The van der Waals surface area contributed by atoms with Crippen LogP contribution in [0.25, 0.3) is 0 Å². The molecule has 3 amide bonds. The molecule has 19 heavy (non-hydrogen) atoms. The van der Waals surface area contributed by atoms with Gasteiger partial charge < -0.3 is 21.1 Å². The van der Waals surface area contributed by atoms with E-state index >= 15 is 0 Å². The summed E-state index contributed by atoms with van der Waals surface area (Å²) in [4.78, 5) is 35.2. The van der Waals surface area contributed by atoms with Crippen molar-refractivity contribution in [1.82, 2.24) is 10.2 Å². The van der Waals surface area contributed by atoms with E-state index in [9.17, 15) is 14.4 Å². The molecular weight excluding hydrogens is 250 g/mol. The number of hydrogen-bond donors (Lipinski definition) is 3. The fourth-order valence-electron chi connectivity index (χ4n) is 2.29. The zero-order valence-corrected chi connectivity index (χ0v) is 11.1. The molecular formula is C12H21N3O4. The number of nitrogens with one attached hydrogen (secondary N) is 1. The van der Waals surface area contributed by atoms with E-state index in [0.29, 0.717) is 0 Å². The highest BCUT2D eigenvalue weighted by Crippen LogP contribution is 2.21. The highest BCUT2D eigenvalue weighted by molar-refractivity contribution is 5.87. The Kier molecular flexibility index (Phi) is 5.59. The molecule has 1 fully saturated rings. The molecule has 0 aromatic rings. The van der Waals surface area contributed by atoms with Crippen LogP contribution in [0.1, 0.15) is 38.5 Å². The minimum atomic E-state index is -1.27. The fourth-order valence-corrected chi connectivity index (χ4v) is 2.29. The number of hydrogen-bond acceptors (Lipinski definition) is 3. The van der Waals surface area contributed by atoms with Gasteiger partial charge in [0, 0.05) is 13.1 Å². The summed E-state index contributed by atoms with van der Waals surface area (Å²) in [6.07, 6.45) is 4.78. The van der Waals surface area contributed by atoms with Crippen LogP contribution in [0.2, 0.25) is 0 Å². The lowest BCUT2D eigenvalue weighted by molar-refractivity contribution is -0.141. The molecule has 1 atom stereocenters. The van der Waals surface area contributed by atoms with E-state index in [-0.39, 0.29) is 6.04 Å². The predicted octanol–water partition coefficient (Wildman–Crippen LogP) is 0.289. The predicted molar refractivity (Wildman–Crippen MR) is 68.4 cm³/mol. The third-order valence-corrected chi connectivity index (χ3v) is 3.44. The van der Waals surface area contributed by atoms with Gasteiger partial charge in [0.05, 0.1) is 6.42 Å². The van der Waals surface area contributed by atoms with E-state index in [1.165, 1.54) is 11.3 Å². The lowest BCUT2D eigenvalue weighted by Crippen LogP contribution is -2.51. The number of amides is 3. The van der Waals surface area contributed by atoms with Crippen molar-refractivity contribution in [1.29, 1.82) is 0 Å². The van der Waals surface area contributed by atoms with E-state index in [4.69, 9.17) is 10.8 Å². The molecule has 0 aromatic carbocycles. The Balaban J connectivity index is 2.55. The quantitative estimate of drug-likeness (QED) is 0.667. The number of carboxylic acid groups (broad SMARTS) is 1. The number of carboxylic acids is 1. The summed E-state index contributed by atoms with van der Waals surface area (Å²) in [5, 5.41) is 11.3. The minimum absolute atomic E-state index is 0.136. The highest BCUT2D eigenvalue weighted by Gasteiger charge is 2.27. The lowest BCUT2D eigenvalue weighted by Gasteiger charge is -2.32. The van der Waals surface area contributed by atoms with E-state index in [1.807, 2.05) is 0 Å². The lowest BCUT2D eigenvalue weighted by atomic mass is 9.95. The average molecular weight is 271 g/mol. The molecule has 0 aliphatic heterocycles. The second-order valence-corrected chi connectivity index (χ2v) is 4.91. The SMILES string of the molecule is CN(C(=O)NC(CC(N)=O)C(=O)O)C1CCCCC1. The molecule has 0 aromatic heterocycles. The molecule has 0 radical (unpaired) electrons. The fraction of sp³-hybridized carbons (Fsp3) is 0.750. The van der Waals surface area contributed by atoms with Crippen LogP contribution in [0.4, 0.5) is 4.79 Å². The molecule has 1 unspecified atom stereocenters. The molecule has 0 heterocycles. The second-order valence-electron chi connectivity index (χ2n) is 4.91. The number of rotatable bonds is 5. The van der Waals surface area contributed by atoms with E-state index in [0.717, 1.165) is 25.7 Å². The van der Waals surface area contributed by atoms with E-state index in [1.54, 1.807) is 7.05 Å². The zero-order valence-electron chi connectivity index (χ0n) is 11.1. The largest absolute Gasteiger partial charge is 0.480 e. The molecule has 0 saturated heterocycles. The number of urea groups is 1. The van der Waals surface area contributed by atoms with Gasteiger partial charge in [-0.1, -0.05) is 19.3 Å². The van der Waals surface area contributed by atoms with E-state index < -0.39 is 30.4 Å². The van der Waals surface area contributed by atoms with Gasteiger partial charge in [-0.3, -0.25) is 4.79 Å². The Morgan fingerprint density at radius 1 is 1.32 bits per heavy atom. The summed E-state index contributed by atoms with van der Waals surface area (Å²) in [7, 11) is 1.65. The van der Waals surface area contributed by atoms with Gasteiger partial charge in [-0.15, -0.1) is 0 Å². The van der Waals surface area contributed by atoms with Crippen molar-refractivity contribution in [3.63, 3.8) is 0 Å². The Morgan fingerprint density at radius 3 is 2.37 bits per heavy atom. The van der Waals surface area contributed by atoms with Crippen molar-refractivity contribution < 1.29 is 19.5 Å². The van der Waals surface area contributed by atoms with Gasteiger partial charge in [0.15, 0.2) is 0 Å². The summed E-state index contributed by atoms with van der Waals surface area (Å²) in [5.41, 5.74) is 4.96. The maximum atomic E-state index is 11.9. The number of nitrogens with two attached hydrogens (primary N) is 1. The first-order chi connectivity index (χ1) is 8.91.